The fourth-order valence-electron chi connectivity index (χ4n) is 0.750. The second kappa shape index (κ2) is 5.94. The first-order valence-electron chi connectivity index (χ1n) is 4.02. The van der Waals surface area contributed by atoms with E-state index in [0.717, 1.165) is 0 Å². The topological polar surface area (TPSA) is 66.8 Å². The molecule has 3 radical (unpaired) electrons. The van der Waals surface area contributed by atoms with E-state index in [1.807, 2.05) is 0 Å². The molecule has 75 valence electrons. The van der Waals surface area contributed by atoms with Crippen LogP contribution in [-0.4, -0.2) is 35.0 Å². The minimum absolute atomic E-state index is 0.176. The van der Waals surface area contributed by atoms with E-state index in [1.54, 1.807) is 13.8 Å². The monoisotopic (exact) mass is 187 g/mol. The molecule has 0 aromatic rings. The number of hydrogen-bond donors (Lipinski definition) is 2. The Morgan fingerprint density at radius 1 is 1.62 bits per heavy atom. The number of hydrogen-bond acceptors (Lipinski definition) is 4. The van der Waals surface area contributed by atoms with Gasteiger partial charge in [0.2, 0.25) is 0 Å². The highest BCUT2D eigenvalue weighted by molar-refractivity contribution is 5.75. The Balaban J connectivity index is 3.93. The van der Waals surface area contributed by atoms with Crippen molar-refractivity contribution in [2.24, 2.45) is 0 Å². The smallest absolute Gasteiger partial charge is 0.337 e. The van der Waals surface area contributed by atoms with Crippen LogP contribution in [-0.2, 0) is 9.53 Å². The van der Waals surface area contributed by atoms with Gasteiger partial charge >= 0.3 is 5.97 Å². The standard InChI is InChI=1S/C9H15O4/c1-4-13-9(12)8(11)7(10)5-6(2)3/h5,7-8,10-11H,2,4H2,1,3H3/t7-,8+/m0/s1. The molecule has 4 nitrogen and oxygen atoms in total. The van der Waals surface area contributed by atoms with Crippen molar-refractivity contribution in [2.45, 2.75) is 26.1 Å². The molecule has 0 aromatic heterocycles. The molecular weight excluding hydrogens is 172 g/mol. The molecule has 0 saturated heterocycles. The number of aliphatic hydroxyl groups is 2. The molecule has 0 amide bonds. The Hall–Kier alpha value is -0.610. The van der Waals surface area contributed by atoms with E-state index in [1.165, 1.54) is 6.42 Å². The molecule has 0 unspecified atom stereocenters. The van der Waals surface area contributed by atoms with Gasteiger partial charge in [0.1, 0.15) is 0 Å². The van der Waals surface area contributed by atoms with Gasteiger partial charge in [-0.2, -0.15) is 0 Å². The van der Waals surface area contributed by atoms with Crippen LogP contribution >= 0.6 is 0 Å². The third kappa shape index (κ3) is 4.85. The van der Waals surface area contributed by atoms with Crippen LogP contribution in [0.2, 0.25) is 0 Å². The Morgan fingerprint density at radius 3 is 2.54 bits per heavy atom. The second-order valence-corrected chi connectivity index (χ2v) is 2.70. The SMILES string of the molecule is [CH2][C](C)[CH][C@H](O)[C@@H](O)C(=O)OCC. The van der Waals surface area contributed by atoms with Crippen LogP contribution < -0.4 is 0 Å². The molecule has 0 rings (SSSR count). The van der Waals surface area contributed by atoms with E-state index in [9.17, 15) is 9.90 Å². The van der Waals surface area contributed by atoms with E-state index in [-0.39, 0.29) is 6.61 Å². The van der Waals surface area contributed by atoms with Gasteiger partial charge in [0.25, 0.3) is 0 Å². The Labute approximate surface area is 78.5 Å². The fraction of sp³-hybridized carbons (Fsp3) is 0.556. The minimum Gasteiger partial charge on any atom is -0.464 e. The number of esters is 1. The Kier molecular flexibility index (Phi) is 5.66. The van der Waals surface area contributed by atoms with Crippen molar-refractivity contribution in [3.63, 3.8) is 0 Å². The first kappa shape index (κ1) is 12.4. The van der Waals surface area contributed by atoms with Gasteiger partial charge in [-0.3, -0.25) is 0 Å². The molecule has 0 saturated carbocycles. The molecule has 13 heavy (non-hydrogen) atoms. The maximum atomic E-state index is 10.9. The van der Waals surface area contributed by atoms with Gasteiger partial charge in [-0.15, -0.1) is 0 Å². The third-order valence-electron chi connectivity index (χ3n) is 1.31. The van der Waals surface area contributed by atoms with E-state index in [2.05, 4.69) is 11.7 Å². The van der Waals surface area contributed by atoms with Crippen molar-refractivity contribution in [3.05, 3.63) is 19.3 Å². The largest absolute Gasteiger partial charge is 0.464 e. The predicted molar refractivity (Wildman–Crippen MR) is 47.2 cm³/mol. The molecule has 0 aliphatic carbocycles. The Morgan fingerprint density at radius 2 is 2.15 bits per heavy atom. The van der Waals surface area contributed by atoms with Gasteiger partial charge in [0.15, 0.2) is 6.10 Å². The molecule has 2 N–H and O–H groups in total. The third-order valence-corrected chi connectivity index (χ3v) is 1.31. The average Bonchev–Trinajstić information content (AvgIpc) is 2.02. The lowest BCUT2D eigenvalue weighted by molar-refractivity contribution is -0.157. The van der Waals surface area contributed by atoms with Crippen molar-refractivity contribution >= 4 is 5.97 Å². The summed E-state index contributed by atoms with van der Waals surface area (Å²) in [6, 6.07) is 0. The van der Waals surface area contributed by atoms with Crippen LogP contribution in [0, 0.1) is 19.3 Å². The summed E-state index contributed by atoms with van der Waals surface area (Å²) >= 11 is 0. The van der Waals surface area contributed by atoms with Gasteiger partial charge in [-0.1, -0.05) is 6.92 Å². The minimum atomic E-state index is -1.53. The van der Waals surface area contributed by atoms with Gasteiger partial charge in [-0.05, 0) is 26.2 Å². The first-order chi connectivity index (χ1) is 5.99. The number of ether oxygens (including phenoxy) is 1. The lowest BCUT2D eigenvalue weighted by Gasteiger charge is -2.17. The normalized spacial score (nSPS) is 15.5. The molecule has 2 atom stereocenters. The summed E-state index contributed by atoms with van der Waals surface area (Å²) in [7, 11) is 0. The molecule has 0 bridgehead atoms. The number of aliphatic hydroxyl groups excluding tert-OH is 2. The molecule has 0 aliphatic rings. The molecule has 0 aromatic carbocycles. The lowest BCUT2D eigenvalue weighted by Crippen LogP contribution is -2.36. The first-order valence-corrected chi connectivity index (χ1v) is 4.02. The highest BCUT2D eigenvalue weighted by atomic mass is 16.5. The highest BCUT2D eigenvalue weighted by Gasteiger charge is 2.26. The van der Waals surface area contributed by atoms with Crippen molar-refractivity contribution in [2.75, 3.05) is 6.61 Å². The average molecular weight is 187 g/mol. The van der Waals surface area contributed by atoms with Crippen molar-refractivity contribution in [1.82, 2.24) is 0 Å². The van der Waals surface area contributed by atoms with Gasteiger partial charge in [-0.25, -0.2) is 4.79 Å². The summed E-state index contributed by atoms with van der Waals surface area (Å²) in [5.41, 5.74) is 0. The predicted octanol–water partition coefficient (Wildman–Crippen LogP) is -0.0959. The quantitative estimate of drug-likeness (QED) is 0.590. The Bertz CT molecular complexity index is 156. The molecule has 0 spiro atoms. The van der Waals surface area contributed by atoms with Crippen LogP contribution in [0.4, 0.5) is 0 Å². The zero-order chi connectivity index (χ0) is 10.4. The zero-order valence-corrected chi connectivity index (χ0v) is 7.86. The maximum absolute atomic E-state index is 10.9. The van der Waals surface area contributed by atoms with E-state index < -0.39 is 18.2 Å². The van der Waals surface area contributed by atoms with E-state index in [0.29, 0.717) is 5.92 Å². The molecule has 4 heteroatoms. The van der Waals surface area contributed by atoms with Gasteiger partial charge in [0.05, 0.1) is 12.7 Å². The van der Waals surface area contributed by atoms with Crippen LogP contribution in [0.25, 0.3) is 0 Å². The number of rotatable bonds is 5. The van der Waals surface area contributed by atoms with Gasteiger partial charge < -0.3 is 14.9 Å². The summed E-state index contributed by atoms with van der Waals surface area (Å²) in [5, 5.41) is 18.4. The summed E-state index contributed by atoms with van der Waals surface area (Å²) in [6.45, 7) is 6.96. The zero-order valence-electron chi connectivity index (χ0n) is 7.86. The second-order valence-electron chi connectivity index (χ2n) is 2.70. The summed E-state index contributed by atoms with van der Waals surface area (Å²) in [5.74, 6) is -0.247. The van der Waals surface area contributed by atoms with Crippen molar-refractivity contribution in [1.29, 1.82) is 0 Å². The number of carbonyl (C=O) groups excluding carboxylic acids is 1. The summed E-state index contributed by atoms with van der Waals surface area (Å²) in [4.78, 5) is 10.9. The fourth-order valence-corrected chi connectivity index (χ4v) is 0.750. The van der Waals surface area contributed by atoms with Crippen LogP contribution in [0.1, 0.15) is 13.8 Å². The van der Waals surface area contributed by atoms with Crippen LogP contribution in [0.5, 0.6) is 0 Å². The molecule has 0 fully saturated rings. The van der Waals surface area contributed by atoms with E-state index in [4.69, 9.17) is 5.11 Å². The van der Waals surface area contributed by atoms with Gasteiger partial charge in [0, 0.05) is 0 Å². The molecule has 0 heterocycles. The summed E-state index contributed by atoms with van der Waals surface area (Å²) < 4.78 is 4.51. The lowest BCUT2D eigenvalue weighted by atomic mass is 10.0. The van der Waals surface area contributed by atoms with Crippen LogP contribution in [0.15, 0.2) is 0 Å². The van der Waals surface area contributed by atoms with Crippen molar-refractivity contribution < 1.29 is 19.7 Å². The molecule has 0 aliphatic heterocycles. The highest BCUT2D eigenvalue weighted by Crippen LogP contribution is 2.09. The van der Waals surface area contributed by atoms with Crippen LogP contribution in [0.3, 0.4) is 0 Å². The summed E-state index contributed by atoms with van der Waals surface area (Å²) in [6.07, 6.45) is -1.49. The van der Waals surface area contributed by atoms with Crippen molar-refractivity contribution in [3.8, 4) is 0 Å². The maximum Gasteiger partial charge on any atom is 0.337 e. The van der Waals surface area contributed by atoms with E-state index >= 15 is 0 Å². The molecular formula is C9H15O4. The number of carbonyl (C=O) groups is 1.